The van der Waals surface area contributed by atoms with Gasteiger partial charge in [-0.1, -0.05) is 0 Å². The molecule has 1 aliphatic heterocycles. The van der Waals surface area contributed by atoms with Gasteiger partial charge in [-0.2, -0.15) is 0 Å². The molecule has 0 unspecified atom stereocenters. The lowest BCUT2D eigenvalue weighted by Gasteiger charge is -2.29. The Kier molecular flexibility index (Phi) is 3.68. The number of aromatic amines is 1. The van der Waals surface area contributed by atoms with Crippen molar-refractivity contribution in [2.45, 2.75) is 65.6 Å². The summed E-state index contributed by atoms with van der Waals surface area (Å²) in [5.74, 6) is 0. The smallest absolute Gasteiger partial charge is 0.410 e. The molecular weight excluding hydrogens is 270 g/mol. The fourth-order valence-electron chi connectivity index (χ4n) is 2.36. The minimum atomic E-state index is -0.527. The van der Waals surface area contributed by atoms with Gasteiger partial charge in [-0.15, -0.1) is 0 Å². The molecule has 2 rings (SSSR count). The maximum Gasteiger partial charge on any atom is 0.410 e. The van der Waals surface area contributed by atoms with Crippen LogP contribution in [0, 0.1) is 0 Å². The summed E-state index contributed by atoms with van der Waals surface area (Å²) in [4.78, 5) is 26.2. The molecule has 2 heterocycles. The summed E-state index contributed by atoms with van der Waals surface area (Å²) in [5.41, 5.74) is 0.717. The second-order valence-corrected chi connectivity index (χ2v) is 7.53. The van der Waals surface area contributed by atoms with Crippen molar-refractivity contribution in [3.05, 3.63) is 21.6 Å². The summed E-state index contributed by atoms with van der Waals surface area (Å²) in [6.45, 7) is 12.3. The minimum Gasteiger partial charge on any atom is -0.444 e. The topological polar surface area (TPSA) is 67.3 Å². The maximum absolute atomic E-state index is 12.5. The van der Waals surface area contributed by atoms with Crippen LogP contribution < -0.4 is 5.56 Å². The van der Waals surface area contributed by atoms with Crippen molar-refractivity contribution < 1.29 is 9.53 Å². The van der Waals surface area contributed by atoms with Gasteiger partial charge in [0.2, 0.25) is 0 Å². The molecule has 6 heteroatoms. The summed E-state index contributed by atoms with van der Waals surface area (Å²) in [6.07, 6.45) is 0.281. The van der Waals surface area contributed by atoms with E-state index in [1.54, 1.807) is 9.58 Å². The van der Waals surface area contributed by atoms with E-state index in [-0.39, 0.29) is 17.2 Å². The average Bonchev–Trinajstić information content (AvgIpc) is 2.64. The van der Waals surface area contributed by atoms with E-state index in [0.29, 0.717) is 25.1 Å². The van der Waals surface area contributed by atoms with Crippen LogP contribution in [0.4, 0.5) is 4.79 Å². The van der Waals surface area contributed by atoms with E-state index in [0.717, 1.165) is 5.69 Å². The molecule has 0 bridgehead atoms. The number of carbonyl (C=O) groups excluding carboxylic acids is 1. The highest BCUT2D eigenvalue weighted by atomic mass is 16.6. The van der Waals surface area contributed by atoms with Crippen molar-refractivity contribution in [2.75, 3.05) is 6.54 Å². The molecule has 0 spiro atoms. The minimum absolute atomic E-state index is 0.0502. The lowest BCUT2D eigenvalue weighted by molar-refractivity contribution is 0.0223. The van der Waals surface area contributed by atoms with Crippen molar-refractivity contribution in [3.8, 4) is 0 Å². The fraction of sp³-hybridized carbons (Fsp3) is 0.733. The molecule has 1 N–H and O–H groups in total. The third-order valence-corrected chi connectivity index (χ3v) is 3.38. The molecule has 6 nitrogen and oxygen atoms in total. The van der Waals surface area contributed by atoms with E-state index in [9.17, 15) is 9.59 Å². The van der Waals surface area contributed by atoms with Crippen LogP contribution in [0.3, 0.4) is 0 Å². The Morgan fingerprint density at radius 3 is 2.33 bits per heavy atom. The Morgan fingerprint density at radius 1 is 1.19 bits per heavy atom. The highest BCUT2D eigenvalue weighted by Gasteiger charge is 2.30. The van der Waals surface area contributed by atoms with Gasteiger partial charge in [0.15, 0.2) is 0 Å². The number of nitrogens with zero attached hydrogens (tertiary/aromatic N) is 2. The van der Waals surface area contributed by atoms with Crippen molar-refractivity contribution in [3.63, 3.8) is 0 Å². The lowest BCUT2D eigenvalue weighted by Crippen LogP contribution is -2.41. The third kappa shape index (κ3) is 3.31. The first-order chi connectivity index (χ1) is 9.49. The number of H-pyrrole nitrogens is 1. The molecule has 0 aliphatic carbocycles. The number of hydrogen-bond acceptors (Lipinski definition) is 3. The van der Waals surface area contributed by atoms with Gasteiger partial charge >= 0.3 is 6.09 Å². The quantitative estimate of drug-likeness (QED) is 0.798. The van der Waals surface area contributed by atoms with Gasteiger partial charge in [0.1, 0.15) is 5.60 Å². The standard InChI is InChI=1S/C15H25N3O3/c1-14(2,3)18-12(19)10-9-17(8-7-11(10)16-18)13(20)21-15(4,5)6/h16H,7-9H2,1-6H3. The normalized spacial score (nSPS) is 15.8. The predicted molar refractivity (Wildman–Crippen MR) is 80.4 cm³/mol. The SMILES string of the molecule is CC(C)(C)OC(=O)N1CCc2[nH]n(C(C)(C)C)c(=O)c2C1. The Labute approximate surface area is 125 Å². The van der Waals surface area contributed by atoms with E-state index < -0.39 is 5.60 Å². The number of rotatable bonds is 0. The summed E-state index contributed by atoms with van der Waals surface area (Å²) in [7, 11) is 0. The third-order valence-electron chi connectivity index (χ3n) is 3.38. The van der Waals surface area contributed by atoms with Crippen LogP contribution in [-0.2, 0) is 23.2 Å². The zero-order valence-corrected chi connectivity index (χ0v) is 13.7. The molecule has 0 radical (unpaired) electrons. The second-order valence-electron chi connectivity index (χ2n) is 7.53. The summed E-state index contributed by atoms with van der Waals surface area (Å²) >= 11 is 0. The summed E-state index contributed by atoms with van der Waals surface area (Å²) < 4.78 is 7.01. The molecule has 0 saturated heterocycles. The van der Waals surface area contributed by atoms with Crippen LogP contribution in [0.5, 0.6) is 0 Å². The maximum atomic E-state index is 12.5. The Balaban J connectivity index is 2.23. The summed E-state index contributed by atoms with van der Waals surface area (Å²) in [5, 5.41) is 3.17. The molecule has 0 saturated carbocycles. The van der Waals surface area contributed by atoms with Gasteiger partial charge in [-0.05, 0) is 41.5 Å². The number of carbonyl (C=O) groups is 1. The molecule has 1 aliphatic rings. The Morgan fingerprint density at radius 2 is 1.81 bits per heavy atom. The van der Waals surface area contributed by atoms with Gasteiger partial charge in [0.05, 0.1) is 17.6 Å². The van der Waals surface area contributed by atoms with E-state index >= 15 is 0 Å². The number of ether oxygens (including phenoxy) is 1. The number of hydrogen-bond donors (Lipinski definition) is 1. The van der Waals surface area contributed by atoms with Gasteiger partial charge < -0.3 is 9.64 Å². The second kappa shape index (κ2) is 4.93. The molecule has 21 heavy (non-hydrogen) atoms. The highest BCUT2D eigenvalue weighted by Crippen LogP contribution is 2.20. The monoisotopic (exact) mass is 295 g/mol. The number of fused-ring (bicyclic) bond motifs is 1. The number of aromatic nitrogens is 2. The first kappa shape index (κ1) is 15.7. The summed E-state index contributed by atoms with van der Waals surface area (Å²) in [6, 6.07) is 0. The molecule has 0 atom stereocenters. The molecule has 0 aromatic carbocycles. The van der Waals surface area contributed by atoms with Crippen LogP contribution in [-0.4, -0.2) is 32.9 Å². The van der Waals surface area contributed by atoms with Crippen molar-refractivity contribution in [1.29, 1.82) is 0 Å². The van der Waals surface area contributed by atoms with Crippen molar-refractivity contribution in [1.82, 2.24) is 14.7 Å². The first-order valence-electron chi connectivity index (χ1n) is 7.30. The van der Waals surface area contributed by atoms with E-state index in [4.69, 9.17) is 4.74 Å². The van der Waals surface area contributed by atoms with E-state index in [1.807, 2.05) is 41.5 Å². The van der Waals surface area contributed by atoms with Crippen LogP contribution in [0.2, 0.25) is 0 Å². The van der Waals surface area contributed by atoms with E-state index in [2.05, 4.69) is 5.10 Å². The van der Waals surface area contributed by atoms with E-state index in [1.165, 1.54) is 0 Å². The zero-order valence-electron chi connectivity index (χ0n) is 13.7. The highest BCUT2D eigenvalue weighted by molar-refractivity contribution is 5.68. The van der Waals surface area contributed by atoms with Crippen molar-refractivity contribution >= 4 is 6.09 Å². The van der Waals surface area contributed by atoms with Gasteiger partial charge in [-0.3, -0.25) is 9.89 Å². The molecule has 1 aromatic rings. The van der Waals surface area contributed by atoms with Crippen LogP contribution >= 0.6 is 0 Å². The zero-order chi connectivity index (χ0) is 16.0. The molecular formula is C15H25N3O3. The molecule has 118 valence electrons. The first-order valence-corrected chi connectivity index (χ1v) is 7.30. The molecule has 1 aromatic heterocycles. The Bertz CT molecular complexity index is 599. The average molecular weight is 295 g/mol. The predicted octanol–water partition coefficient (Wildman–Crippen LogP) is 2.22. The van der Waals surface area contributed by atoms with Gasteiger partial charge in [0, 0.05) is 18.7 Å². The molecule has 0 fully saturated rings. The number of amides is 1. The number of nitrogens with one attached hydrogen (secondary N) is 1. The van der Waals surface area contributed by atoms with Gasteiger partial charge in [0.25, 0.3) is 5.56 Å². The van der Waals surface area contributed by atoms with Crippen LogP contribution in [0.25, 0.3) is 0 Å². The van der Waals surface area contributed by atoms with Crippen molar-refractivity contribution in [2.24, 2.45) is 0 Å². The molecule has 1 amide bonds. The van der Waals surface area contributed by atoms with Gasteiger partial charge in [-0.25, -0.2) is 9.48 Å². The fourth-order valence-corrected chi connectivity index (χ4v) is 2.36. The van der Waals surface area contributed by atoms with Crippen LogP contribution in [0.1, 0.15) is 52.8 Å². The largest absolute Gasteiger partial charge is 0.444 e. The Hall–Kier alpha value is -1.72. The van der Waals surface area contributed by atoms with Crippen LogP contribution in [0.15, 0.2) is 4.79 Å². The lowest BCUT2D eigenvalue weighted by atomic mass is 10.1.